The van der Waals surface area contributed by atoms with Crippen molar-refractivity contribution in [1.82, 2.24) is 0 Å². The molecule has 0 aliphatic rings. The zero-order valence-corrected chi connectivity index (χ0v) is 37.3. The van der Waals surface area contributed by atoms with Crippen molar-refractivity contribution >= 4 is 48.9 Å². The van der Waals surface area contributed by atoms with Crippen LogP contribution < -0.4 is 0 Å². The monoisotopic (exact) mass is 776 g/mol. The van der Waals surface area contributed by atoms with Crippen molar-refractivity contribution in [2.75, 3.05) is 13.2 Å². The maximum atomic E-state index is 15.8. The second kappa shape index (κ2) is 16.2. The maximum Gasteiger partial charge on any atom is 0.195 e. The normalized spacial score (nSPS) is 12.0. The largest absolute Gasteiger partial charge is 0.382 e. The van der Waals surface area contributed by atoms with Crippen molar-refractivity contribution in [3.63, 3.8) is 0 Å². The van der Waals surface area contributed by atoms with Gasteiger partial charge < -0.3 is 4.74 Å². The van der Waals surface area contributed by atoms with E-state index in [9.17, 15) is 0 Å². The highest BCUT2D eigenvalue weighted by atomic mass is 16.5. The molecule has 0 aromatic heterocycles. The van der Waals surface area contributed by atoms with Gasteiger partial charge in [-0.05, 0) is 151 Å². The van der Waals surface area contributed by atoms with Crippen molar-refractivity contribution in [3.8, 4) is 22.3 Å². The quantitative estimate of drug-likeness (QED) is 0.124. The van der Waals surface area contributed by atoms with Gasteiger partial charge in [0.15, 0.2) is 5.78 Å². The van der Waals surface area contributed by atoms with E-state index in [1.54, 1.807) is 0 Å². The molecule has 8 aromatic carbocycles. The maximum absolute atomic E-state index is 15.8. The molecule has 300 valence electrons. The molecule has 0 atom stereocenters. The first-order valence-electron chi connectivity index (χ1n) is 21.3. The fourth-order valence-corrected chi connectivity index (χ4v) is 9.20. The van der Waals surface area contributed by atoms with E-state index >= 15 is 4.79 Å². The summed E-state index contributed by atoms with van der Waals surface area (Å²) in [6.45, 7) is 28.3. The molecule has 0 bridgehead atoms. The van der Waals surface area contributed by atoms with Crippen molar-refractivity contribution in [1.29, 1.82) is 0 Å². The summed E-state index contributed by atoms with van der Waals surface area (Å²) >= 11 is 0. The number of ether oxygens (including phenoxy) is 1. The summed E-state index contributed by atoms with van der Waals surface area (Å²) in [6, 6.07) is 43.6. The van der Waals surface area contributed by atoms with Gasteiger partial charge in [0.1, 0.15) is 0 Å². The lowest BCUT2D eigenvalue weighted by atomic mass is 9.78. The Bertz CT molecular complexity index is 2540. The minimum absolute atomic E-state index is 0.0445. The van der Waals surface area contributed by atoms with Crippen LogP contribution in [0.3, 0.4) is 0 Å². The van der Waals surface area contributed by atoms with Crippen molar-refractivity contribution in [2.45, 2.75) is 93.9 Å². The van der Waals surface area contributed by atoms with Gasteiger partial charge in [0.2, 0.25) is 0 Å². The number of ketones is 1. The smallest absolute Gasteiger partial charge is 0.195 e. The minimum atomic E-state index is 0.0445. The number of carbonyl (C=O) groups is 1. The zero-order valence-electron chi connectivity index (χ0n) is 37.3. The van der Waals surface area contributed by atoms with Crippen LogP contribution in [0.25, 0.3) is 65.3 Å². The number of benzene rings is 8. The second-order valence-electron chi connectivity index (χ2n) is 18.3. The van der Waals surface area contributed by atoms with Gasteiger partial charge in [-0.15, -0.1) is 0 Å². The molecule has 0 N–H and O–H groups in total. The topological polar surface area (TPSA) is 26.3 Å². The van der Waals surface area contributed by atoms with Crippen LogP contribution in [0, 0.1) is 27.7 Å². The van der Waals surface area contributed by atoms with Crippen LogP contribution in [0.5, 0.6) is 0 Å². The summed E-state index contributed by atoms with van der Waals surface area (Å²) in [4.78, 5) is 15.8. The Balaban J connectivity index is 0.000000997. The van der Waals surface area contributed by atoms with Crippen LogP contribution in [0.2, 0.25) is 0 Å². The molecule has 0 heterocycles. The third kappa shape index (κ3) is 7.60. The Labute approximate surface area is 352 Å². The molecule has 0 amide bonds. The summed E-state index contributed by atoms with van der Waals surface area (Å²) in [7, 11) is 0. The third-order valence-corrected chi connectivity index (χ3v) is 12.0. The van der Waals surface area contributed by atoms with Gasteiger partial charge in [0.05, 0.1) is 0 Å². The summed E-state index contributed by atoms with van der Waals surface area (Å²) in [5.41, 5.74) is 14.2. The Morgan fingerprint density at radius 2 is 0.644 bits per heavy atom. The molecule has 0 unspecified atom stereocenters. The number of aryl methyl sites for hydroxylation is 4. The lowest BCUT2D eigenvalue weighted by molar-refractivity contribution is 0.104. The summed E-state index contributed by atoms with van der Waals surface area (Å²) in [5.74, 6) is 0.0564. The number of hydrogen-bond donors (Lipinski definition) is 0. The lowest BCUT2D eigenvalue weighted by Gasteiger charge is -2.25. The first-order chi connectivity index (χ1) is 28.1. The van der Waals surface area contributed by atoms with Crippen molar-refractivity contribution in [2.24, 2.45) is 0 Å². The summed E-state index contributed by atoms with van der Waals surface area (Å²) in [6.07, 6.45) is 0. The standard InChI is InChI=1S/C53H50O.C4H10O/c1-31-27-35(52(5,6)7)28-32(2)45(31)47-37-19-11-15-23-41(37)49(42-24-16-12-20-38(42)47)51(54)50-43-25-17-13-21-39(43)48(40-22-14-18-26-44(40)50)46-33(3)29-36(30-34(46)4)53(8,9)10;1-3-5-4-2/h11-30H,1-10H3;3-4H2,1-2H3. The van der Waals surface area contributed by atoms with E-state index in [2.05, 4.69) is 191 Å². The van der Waals surface area contributed by atoms with Crippen molar-refractivity contribution < 1.29 is 9.53 Å². The first-order valence-corrected chi connectivity index (χ1v) is 21.3. The van der Waals surface area contributed by atoms with Gasteiger partial charge in [-0.25, -0.2) is 0 Å². The van der Waals surface area contributed by atoms with E-state index in [-0.39, 0.29) is 16.6 Å². The highest BCUT2D eigenvalue weighted by Crippen LogP contribution is 2.47. The molecule has 2 nitrogen and oxygen atoms in total. The zero-order chi connectivity index (χ0) is 42.4. The molecule has 8 aromatic rings. The number of hydrogen-bond acceptors (Lipinski definition) is 2. The van der Waals surface area contributed by atoms with Gasteiger partial charge in [0.25, 0.3) is 0 Å². The molecule has 8 rings (SSSR count). The first kappa shape index (κ1) is 41.6. The second-order valence-corrected chi connectivity index (χ2v) is 18.3. The van der Waals surface area contributed by atoms with Gasteiger partial charge in [-0.1, -0.05) is 163 Å². The van der Waals surface area contributed by atoms with E-state index < -0.39 is 0 Å². The highest BCUT2D eigenvalue weighted by molar-refractivity contribution is 6.35. The third-order valence-electron chi connectivity index (χ3n) is 12.0. The van der Waals surface area contributed by atoms with E-state index in [4.69, 9.17) is 4.74 Å². The van der Waals surface area contributed by atoms with Crippen LogP contribution in [-0.4, -0.2) is 19.0 Å². The molecule has 0 saturated heterocycles. The molecule has 0 saturated carbocycles. The Kier molecular flexibility index (Phi) is 11.4. The Morgan fingerprint density at radius 1 is 0.407 bits per heavy atom. The van der Waals surface area contributed by atoms with Crippen LogP contribution in [0.1, 0.15) is 105 Å². The van der Waals surface area contributed by atoms with Gasteiger partial charge in [-0.3, -0.25) is 4.79 Å². The summed E-state index contributed by atoms with van der Waals surface area (Å²) < 4.78 is 4.83. The predicted molar refractivity (Wildman–Crippen MR) is 256 cm³/mol. The van der Waals surface area contributed by atoms with Crippen LogP contribution in [0.15, 0.2) is 121 Å². The van der Waals surface area contributed by atoms with Crippen LogP contribution >= 0.6 is 0 Å². The van der Waals surface area contributed by atoms with Crippen LogP contribution in [-0.2, 0) is 15.6 Å². The predicted octanol–water partition coefficient (Wildman–Crippen LogP) is 15.7. The molecule has 0 radical (unpaired) electrons. The van der Waals surface area contributed by atoms with E-state index in [1.165, 1.54) is 55.6 Å². The fraction of sp³-hybridized carbons (Fsp3) is 0.281. The van der Waals surface area contributed by atoms with Crippen LogP contribution in [0.4, 0.5) is 0 Å². The number of rotatable bonds is 6. The highest BCUT2D eigenvalue weighted by Gasteiger charge is 2.28. The van der Waals surface area contributed by atoms with E-state index in [0.717, 1.165) is 67.4 Å². The molecule has 2 heteroatoms. The SMILES string of the molecule is CCOCC.Cc1cc(C(C)(C)C)cc(C)c1-c1c2ccccc2c(C(=O)c2c3ccccc3c(-c3c(C)cc(C(C)(C)C)cc3C)c3ccccc23)c2ccccc12. The van der Waals surface area contributed by atoms with E-state index in [0.29, 0.717) is 0 Å². The Hall–Kier alpha value is -5.57. The Morgan fingerprint density at radius 3 is 0.847 bits per heavy atom. The average molecular weight is 777 g/mol. The number of carbonyl (C=O) groups excluding carboxylic acids is 1. The van der Waals surface area contributed by atoms with Gasteiger partial charge >= 0.3 is 0 Å². The molecule has 0 aliphatic heterocycles. The molecular formula is C57H60O2. The molecule has 0 spiro atoms. The van der Waals surface area contributed by atoms with Gasteiger partial charge in [0, 0.05) is 24.3 Å². The van der Waals surface area contributed by atoms with Crippen molar-refractivity contribution in [3.05, 3.63) is 166 Å². The molecular weight excluding hydrogens is 717 g/mol. The van der Waals surface area contributed by atoms with Gasteiger partial charge in [-0.2, -0.15) is 0 Å². The minimum Gasteiger partial charge on any atom is -0.382 e. The average Bonchev–Trinajstić information content (AvgIpc) is 3.19. The molecule has 59 heavy (non-hydrogen) atoms. The fourth-order valence-electron chi connectivity index (χ4n) is 9.20. The lowest BCUT2D eigenvalue weighted by Crippen LogP contribution is -2.12. The molecule has 0 fully saturated rings. The molecule has 0 aliphatic carbocycles. The van der Waals surface area contributed by atoms with E-state index in [1.807, 2.05) is 13.8 Å². The number of fused-ring (bicyclic) bond motifs is 4. The summed E-state index contributed by atoms with van der Waals surface area (Å²) in [5, 5.41) is 8.34.